The van der Waals surface area contributed by atoms with E-state index in [0.29, 0.717) is 5.56 Å². The van der Waals surface area contributed by atoms with Crippen LogP contribution in [0.5, 0.6) is 5.75 Å². The van der Waals surface area contributed by atoms with Crippen LogP contribution in [0.2, 0.25) is 0 Å². The second-order valence-corrected chi connectivity index (χ2v) is 5.91. The van der Waals surface area contributed by atoms with Crippen LogP contribution in [-0.4, -0.2) is 23.3 Å². The average molecular weight is 381 g/mol. The van der Waals surface area contributed by atoms with Crippen molar-refractivity contribution in [2.24, 2.45) is 0 Å². The lowest BCUT2D eigenvalue weighted by Gasteiger charge is -2.21. The van der Waals surface area contributed by atoms with Crippen LogP contribution >= 0.6 is 0 Å². The maximum Gasteiger partial charge on any atom is 0.573 e. The maximum absolute atomic E-state index is 12.5. The van der Waals surface area contributed by atoms with Gasteiger partial charge in [-0.3, -0.25) is 9.59 Å². The summed E-state index contributed by atoms with van der Waals surface area (Å²) in [5.74, 6) is -2.48. The van der Waals surface area contributed by atoms with Crippen molar-refractivity contribution in [1.29, 1.82) is 0 Å². The van der Waals surface area contributed by atoms with Crippen LogP contribution in [-0.2, 0) is 9.59 Å². The summed E-state index contributed by atoms with van der Waals surface area (Å²) in [5, 5.41) is 11.7. The molecule has 2 atom stereocenters. The standard InChI is InChI=1S/C19H18F3NO4/c1-12(13-5-3-2-4-6-13)18(26)23-16(11-17(24)25)14-7-9-15(10-8-14)27-19(20,21)22/h2-10,12,16H,11H2,1H3,(H,23,26)(H,24,25)/t12-,16?/m0/s1. The molecule has 2 aromatic rings. The van der Waals surface area contributed by atoms with Crippen LogP contribution in [0, 0.1) is 0 Å². The van der Waals surface area contributed by atoms with E-state index in [9.17, 15) is 22.8 Å². The van der Waals surface area contributed by atoms with Gasteiger partial charge in [-0.1, -0.05) is 42.5 Å². The molecular weight excluding hydrogens is 363 g/mol. The molecule has 0 saturated heterocycles. The Morgan fingerprint density at radius 2 is 1.63 bits per heavy atom. The number of carboxylic acids is 1. The number of aliphatic carboxylic acids is 1. The molecule has 5 nitrogen and oxygen atoms in total. The Labute approximate surface area is 153 Å². The number of carbonyl (C=O) groups excluding carboxylic acids is 1. The molecule has 0 radical (unpaired) electrons. The number of amides is 1. The van der Waals surface area contributed by atoms with Crippen LogP contribution in [0.4, 0.5) is 13.2 Å². The van der Waals surface area contributed by atoms with E-state index in [0.717, 1.165) is 17.7 Å². The molecule has 27 heavy (non-hydrogen) atoms. The maximum atomic E-state index is 12.5. The summed E-state index contributed by atoms with van der Waals surface area (Å²) >= 11 is 0. The molecule has 2 N–H and O–H groups in total. The molecule has 0 aliphatic heterocycles. The van der Waals surface area contributed by atoms with Crippen molar-refractivity contribution in [3.05, 3.63) is 65.7 Å². The quantitative estimate of drug-likeness (QED) is 0.760. The van der Waals surface area contributed by atoms with E-state index in [1.54, 1.807) is 31.2 Å². The molecule has 0 spiro atoms. The highest BCUT2D eigenvalue weighted by Gasteiger charge is 2.31. The van der Waals surface area contributed by atoms with Crippen molar-refractivity contribution in [2.75, 3.05) is 0 Å². The van der Waals surface area contributed by atoms with Crippen molar-refractivity contribution in [1.82, 2.24) is 5.32 Å². The number of ether oxygens (including phenoxy) is 1. The smallest absolute Gasteiger partial charge is 0.481 e. The first-order valence-corrected chi connectivity index (χ1v) is 8.08. The number of rotatable bonds is 7. The van der Waals surface area contributed by atoms with Crippen molar-refractivity contribution >= 4 is 11.9 Å². The number of nitrogens with one attached hydrogen (secondary N) is 1. The van der Waals surface area contributed by atoms with Gasteiger partial charge in [-0.2, -0.15) is 0 Å². The van der Waals surface area contributed by atoms with E-state index in [1.807, 2.05) is 6.07 Å². The highest BCUT2D eigenvalue weighted by molar-refractivity contribution is 5.84. The number of carboxylic acid groups (broad SMARTS) is 1. The number of hydrogen-bond acceptors (Lipinski definition) is 3. The van der Waals surface area contributed by atoms with Crippen LogP contribution in [0.3, 0.4) is 0 Å². The van der Waals surface area contributed by atoms with E-state index in [-0.39, 0.29) is 5.91 Å². The third-order valence-corrected chi connectivity index (χ3v) is 3.90. The first-order valence-electron chi connectivity index (χ1n) is 8.08. The van der Waals surface area contributed by atoms with Gasteiger partial charge >= 0.3 is 12.3 Å². The summed E-state index contributed by atoms with van der Waals surface area (Å²) in [5.41, 5.74) is 1.12. The molecule has 0 aliphatic carbocycles. The van der Waals surface area contributed by atoms with Crippen molar-refractivity contribution < 1.29 is 32.6 Å². The zero-order valence-corrected chi connectivity index (χ0v) is 14.4. The average Bonchev–Trinajstić information content (AvgIpc) is 2.60. The first kappa shape index (κ1) is 20.3. The van der Waals surface area contributed by atoms with Crippen LogP contribution in [0.25, 0.3) is 0 Å². The number of hydrogen-bond donors (Lipinski definition) is 2. The van der Waals surface area contributed by atoms with Gasteiger partial charge in [0.1, 0.15) is 5.75 Å². The SMILES string of the molecule is C[C@H](C(=O)NC(CC(=O)O)c1ccc(OC(F)(F)F)cc1)c1ccccc1. The highest BCUT2D eigenvalue weighted by atomic mass is 19.4. The van der Waals surface area contributed by atoms with Gasteiger partial charge < -0.3 is 15.2 Å². The second kappa shape index (κ2) is 8.57. The minimum absolute atomic E-state index is 0.362. The van der Waals surface area contributed by atoms with Gasteiger partial charge in [-0.05, 0) is 30.2 Å². The lowest BCUT2D eigenvalue weighted by Crippen LogP contribution is -2.33. The van der Waals surface area contributed by atoms with Gasteiger partial charge in [-0.15, -0.1) is 13.2 Å². The molecule has 0 bridgehead atoms. The van der Waals surface area contributed by atoms with Crippen molar-refractivity contribution in [2.45, 2.75) is 31.7 Å². The molecule has 0 fully saturated rings. The fourth-order valence-electron chi connectivity index (χ4n) is 2.52. The number of halogens is 3. The largest absolute Gasteiger partial charge is 0.573 e. The van der Waals surface area contributed by atoms with Crippen LogP contribution in [0.15, 0.2) is 54.6 Å². The van der Waals surface area contributed by atoms with Crippen LogP contribution in [0.1, 0.15) is 36.4 Å². The molecule has 1 amide bonds. The summed E-state index contributed by atoms with van der Waals surface area (Å²) in [7, 11) is 0. The van der Waals surface area contributed by atoms with Crippen LogP contribution < -0.4 is 10.1 Å². The second-order valence-electron chi connectivity index (χ2n) is 5.91. The number of benzene rings is 2. The summed E-state index contributed by atoms with van der Waals surface area (Å²) in [6.45, 7) is 1.68. The molecule has 0 aliphatic rings. The fraction of sp³-hybridized carbons (Fsp3) is 0.263. The monoisotopic (exact) mass is 381 g/mol. The topological polar surface area (TPSA) is 75.6 Å². The Balaban J connectivity index is 2.15. The van der Waals surface area contributed by atoms with Gasteiger partial charge in [0.2, 0.25) is 5.91 Å². The van der Waals surface area contributed by atoms with Gasteiger partial charge in [0.25, 0.3) is 0 Å². The van der Waals surface area contributed by atoms with Crippen molar-refractivity contribution in [3.63, 3.8) is 0 Å². The normalized spacial score (nSPS) is 13.5. The molecule has 144 valence electrons. The third-order valence-electron chi connectivity index (χ3n) is 3.90. The molecular formula is C19H18F3NO4. The summed E-state index contributed by atoms with van der Waals surface area (Å²) in [6.07, 6.45) is -5.23. The van der Waals surface area contributed by atoms with E-state index >= 15 is 0 Å². The van der Waals surface area contributed by atoms with E-state index in [1.165, 1.54) is 12.1 Å². The Morgan fingerprint density at radius 1 is 1.04 bits per heavy atom. The predicted octanol–water partition coefficient (Wildman–Crippen LogP) is 4.02. The number of alkyl halides is 3. The Kier molecular flexibility index (Phi) is 6.44. The lowest BCUT2D eigenvalue weighted by atomic mass is 9.98. The third kappa shape index (κ3) is 6.32. The van der Waals surface area contributed by atoms with Gasteiger partial charge in [-0.25, -0.2) is 0 Å². The summed E-state index contributed by atoms with van der Waals surface area (Å²) in [4.78, 5) is 23.6. The van der Waals surface area contributed by atoms with Gasteiger partial charge in [0.15, 0.2) is 0 Å². The molecule has 0 heterocycles. The van der Waals surface area contributed by atoms with E-state index < -0.39 is 36.5 Å². The van der Waals surface area contributed by atoms with E-state index in [4.69, 9.17) is 5.11 Å². The molecule has 0 saturated carbocycles. The first-order chi connectivity index (χ1) is 12.7. The zero-order valence-electron chi connectivity index (χ0n) is 14.4. The Bertz CT molecular complexity index is 776. The molecule has 2 rings (SSSR count). The fourth-order valence-corrected chi connectivity index (χ4v) is 2.52. The summed E-state index contributed by atoms with van der Waals surface area (Å²) < 4.78 is 40.5. The number of carbonyl (C=O) groups is 2. The predicted molar refractivity (Wildman–Crippen MR) is 91.1 cm³/mol. The van der Waals surface area contributed by atoms with Crippen molar-refractivity contribution in [3.8, 4) is 5.75 Å². The van der Waals surface area contributed by atoms with Gasteiger partial charge in [0.05, 0.1) is 18.4 Å². The lowest BCUT2D eigenvalue weighted by molar-refractivity contribution is -0.274. The minimum atomic E-state index is -4.82. The minimum Gasteiger partial charge on any atom is -0.481 e. The molecule has 0 aromatic heterocycles. The zero-order chi connectivity index (χ0) is 20.0. The van der Waals surface area contributed by atoms with Gasteiger partial charge in [0, 0.05) is 0 Å². The summed E-state index contributed by atoms with van der Waals surface area (Å²) in [6, 6.07) is 12.8. The molecule has 8 heteroatoms. The molecule has 2 aromatic carbocycles. The Morgan fingerprint density at radius 3 is 2.15 bits per heavy atom. The highest BCUT2D eigenvalue weighted by Crippen LogP contribution is 2.26. The Hall–Kier alpha value is -3.03. The molecule has 1 unspecified atom stereocenters. The van der Waals surface area contributed by atoms with E-state index in [2.05, 4.69) is 10.1 Å².